The first-order valence-electron chi connectivity index (χ1n) is 9.22. The summed E-state index contributed by atoms with van der Waals surface area (Å²) in [7, 11) is 1.63. The second kappa shape index (κ2) is 8.39. The molecule has 29 heavy (non-hydrogen) atoms. The monoisotopic (exact) mass is 384 g/mol. The van der Waals surface area contributed by atoms with Crippen molar-refractivity contribution in [1.29, 1.82) is 0 Å². The molecule has 1 amide bonds. The van der Waals surface area contributed by atoms with E-state index in [1.54, 1.807) is 24.1 Å². The normalized spacial score (nSPS) is 10.5. The number of nitrogens with zero attached hydrogens (tertiary/aromatic N) is 3. The fraction of sp³-hybridized carbons (Fsp3) is 0.0870. The van der Waals surface area contributed by atoms with Crippen molar-refractivity contribution in [3.8, 4) is 22.7 Å². The Morgan fingerprint density at radius 2 is 1.76 bits per heavy atom. The predicted octanol–water partition coefficient (Wildman–Crippen LogP) is 3.87. The number of hydrogen-bond donors (Lipinski definition) is 1. The zero-order chi connectivity index (χ0) is 20.1. The lowest BCUT2D eigenvalue weighted by molar-refractivity contribution is 0.0942. The SMILES string of the molecule is COc1ccc(-c2cc(C(=O)NCc3ccccn3)n(-c3ccccc3)n2)cc1. The van der Waals surface area contributed by atoms with Gasteiger partial charge in [-0.15, -0.1) is 0 Å². The smallest absolute Gasteiger partial charge is 0.270 e. The quantitative estimate of drug-likeness (QED) is 0.548. The van der Waals surface area contributed by atoms with E-state index in [0.29, 0.717) is 17.9 Å². The molecule has 0 spiro atoms. The van der Waals surface area contributed by atoms with Crippen LogP contribution in [0.25, 0.3) is 16.9 Å². The van der Waals surface area contributed by atoms with E-state index in [1.807, 2.05) is 72.8 Å². The number of hydrogen-bond acceptors (Lipinski definition) is 4. The van der Waals surface area contributed by atoms with Crippen molar-refractivity contribution in [2.75, 3.05) is 7.11 Å². The Balaban J connectivity index is 1.67. The highest BCUT2D eigenvalue weighted by Gasteiger charge is 2.17. The van der Waals surface area contributed by atoms with Crippen LogP contribution in [0.2, 0.25) is 0 Å². The molecule has 144 valence electrons. The fourth-order valence-electron chi connectivity index (χ4n) is 2.98. The number of rotatable bonds is 6. The minimum absolute atomic E-state index is 0.216. The molecule has 0 unspecified atom stereocenters. The molecule has 6 nitrogen and oxygen atoms in total. The summed E-state index contributed by atoms with van der Waals surface area (Å²) in [5.74, 6) is 0.552. The van der Waals surface area contributed by atoms with Crippen molar-refractivity contribution >= 4 is 5.91 Å². The number of para-hydroxylation sites is 1. The fourth-order valence-corrected chi connectivity index (χ4v) is 2.98. The Bertz CT molecular complexity index is 1090. The van der Waals surface area contributed by atoms with Crippen molar-refractivity contribution in [2.45, 2.75) is 6.54 Å². The number of benzene rings is 2. The van der Waals surface area contributed by atoms with Crippen LogP contribution in [-0.4, -0.2) is 27.8 Å². The van der Waals surface area contributed by atoms with E-state index in [0.717, 1.165) is 22.7 Å². The highest BCUT2D eigenvalue weighted by Crippen LogP contribution is 2.24. The molecule has 0 saturated heterocycles. The molecule has 1 N–H and O–H groups in total. The second-order valence-corrected chi connectivity index (χ2v) is 6.39. The zero-order valence-electron chi connectivity index (χ0n) is 15.9. The van der Waals surface area contributed by atoms with Gasteiger partial charge in [0.15, 0.2) is 0 Å². The first-order chi connectivity index (χ1) is 14.2. The summed E-state index contributed by atoms with van der Waals surface area (Å²) in [4.78, 5) is 17.2. The van der Waals surface area contributed by atoms with Crippen LogP contribution in [-0.2, 0) is 6.54 Å². The van der Waals surface area contributed by atoms with Gasteiger partial charge in [-0.25, -0.2) is 4.68 Å². The maximum atomic E-state index is 12.9. The van der Waals surface area contributed by atoms with E-state index in [2.05, 4.69) is 15.4 Å². The largest absolute Gasteiger partial charge is 0.497 e. The lowest BCUT2D eigenvalue weighted by atomic mass is 10.1. The predicted molar refractivity (Wildman–Crippen MR) is 111 cm³/mol. The zero-order valence-corrected chi connectivity index (χ0v) is 15.9. The molecule has 4 aromatic rings. The summed E-state index contributed by atoms with van der Waals surface area (Å²) in [5.41, 5.74) is 3.67. The molecular formula is C23H20N4O2. The van der Waals surface area contributed by atoms with Gasteiger partial charge in [-0.3, -0.25) is 9.78 Å². The first kappa shape index (κ1) is 18.4. The van der Waals surface area contributed by atoms with Crippen LogP contribution in [0.15, 0.2) is 85.1 Å². The van der Waals surface area contributed by atoms with Gasteiger partial charge in [0, 0.05) is 11.8 Å². The number of pyridine rings is 1. The summed E-state index contributed by atoms with van der Waals surface area (Å²) in [5, 5.41) is 7.61. The molecule has 0 aliphatic heterocycles. The molecule has 0 aliphatic carbocycles. The molecule has 4 rings (SSSR count). The second-order valence-electron chi connectivity index (χ2n) is 6.39. The Kier molecular flexibility index (Phi) is 5.33. The van der Waals surface area contributed by atoms with Crippen molar-refractivity contribution < 1.29 is 9.53 Å². The average molecular weight is 384 g/mol. The Labute approximate surface area is 168 Å². The van der Waals surface area contributed by atoms with Crippen LogP contribution in [0, 0.1) is 0 Å². The number of nitrogens with one attached hydrogen (secondary N) is 1. The minimum Gasteiger partial charge on any atom is -0.497 e. The minimum atomic E-state index is -0.216. The van der Waals surface area contributed by atoms with Crippen LogP contribution in [0.4, 0.5) is 0 Å². The van der Waals surface area contributed by atoms with Gasteiger partial charge in [0.05, 0.1) is 30.7 Å². The third-order valence-electron chi connectivity index (χ3n) is 4.48. The number of aromatic nitrogens is 3. The molecule has 2 aromatic heterocycles. The summed E-state index contributed by atoms with van der Waals surface area (Å²) in [6.07, 6.45) is 1.71. The van der Waals surface area contributed by atoms with Crippen molar-refractivity contribution in [3.05, 3.63) is 96.4 Å². The van der Waals surface area contributed by atoms with E-state index in [-0.39, 0.29) is 5.91 Å². The van der Waals surface area contributed by atoms with Crippen molar-refractivity contribution in [1.82, 2.24) is 20.1 Å². The number of methoxy groups -OCH3 is 1. The van der Waals surface area contributed by atoms with Crippen LogP contribution < -0.4 is 10.1 Å². The van der Waals surface area contributed by atoms with Gasteiger partial charge >= 0.3 is 0 Å². The average Bonchev–Trinajstić information content (AvgIpc) is 3.24. The lowest BCUT2D eigenvalue weighted by Crippen LogP contribution is -2.25. The van der Waals surface area contributed by atoms with Gasteiger partial charge in [-0.05, 0) is 54.6 Å². The molecule has 0 atom stereocenters. The third kappa shape index (κ3) is 4.16. The molecule has 0 aliphatic rings. The van der Waals surface area contributed by atoms with Gasteiger partial charge in [-0.2, -0.15) is 5.10 Å². The highest BCUT2D eigenvalue weighted by molar-refractivity contribution is 5.94. The van der Waals surface area contributed by atoms with Gasteiger partial charge in [0.25, 0.3) is 5.91 Å². The molecule has 0 bridgehead atoms. The molecule has 2 heterocycles. The van der Waals surface area contributed by atoms with Gasteiger partial charge in [-0.1, -0.05) is 24.3 Å². The van der Waals surface area contributed by atoms with Crippen LogP contribution >= 0.6 is 0 Å². The van der Waals surface area contributed by atoms with E-state index >= 15 is 0 Å². The van der Waals surface area contributed by atoms with Crippen LogP contribution in [0.1, 0.15) is 16.2 Å². The molecule has 6 heteroatoms. The molecule has 0 saturated carbocycles. The van der Waals surface area contributed by atoms with E-state index < -0.39 is 0 Å². The summed E-state index contributed by atoms with van der Waals surface area (Å²) >= 11 is 0. The topological polar surface area (TPSA) is 69.0 Å². The lowest BCUT2D eigenvalue weighted by Gasteiger charge is -2.08. The molecule has 0 radical (unpaired) electrons. The number of carbonyl (C=O) groups is 1. The maximum Gasteiger partial charge on any atom is 0.270 e. The summed E-state index contributed by atoms with van der Waals surface area (Å²) < 4.78 is 6.88. The Hall–Kier alpha value is -3.93. The van der Waals surface area contributed by atoms with E-state index in [1.165, 1.54) is 0 Å². The summed E-state index contributed by atoms with van der Waals surface area (Å²) in [6.45, 7) is 0.345. The third-order valence-corrected chi connectivity index (χ3v) is 4.48. The first-order valence-corrected chi connectivity index (χ1v) is 9.22. The molecular weight excluding hydrogens is 364 g/mol. The van der Waals surface area contributed by atoms with Gasteiger partial charge in [0.2, 0.25) is 0 Å². The van der Waals surface area contributed by atoms with E-state index in [9.17, 15) is 4.79 Å². The standard InChI is InChI=1S/C23H20N4O2/c1-29-20-12-10-17(11-13-20)21-15-22(27(26-21)19-8-3-2-4-9-19)23(28)25-16-18-7-5-6-14-24-18/h2-15H,16H2,1H3,(H,25,28). The Morgan fingerprint density at radius 3 is 2.45 bits per heavy atom. The highest BCUT2D eigenvalue weighted by atomic mass is 16.5. The van der Waals surface area contributed by atoms with Gasteiger partial charge < -0.3 is 10.1 Å². The maximum absolute atomic E-state index is 12.9. The van der Waals surface area contributed by atoms with Crippen LogP contribution in [0.3, 0.4) is 0 Å². The van der Waals surface area contributed by atoms with Crippen LogP contribution in [0.5, 0.6) is 5.75 Å². The van der Waals surface area contributed by atoms with Crippen molar-refractivity contribution in [2.24, 2.45) is 0 Å². The number of carbonyl (C=O) groups excluding carboxylic acids is 1. The summed E-state index contributed by atoms with van der Waals surface area (Å²) in [6, 6.07) is 24.6. The van der Waals surface area contributed by atoms with Crippen molar-refractivity contribution in [3.63, 3.8) is 0 Å². The van der Waals surface area contributed by atoms with E-state index in [4.69, 9.17) is 4.74 Å². The molecule has 0 fully saturated rings. The number of ether oxygens (including phenoxy) is 1. The molecule has 2 aromatic carbocycles. The number of amides is 1. The Morgan fingerprint density at radius 1 is 1.00 bits per heavy atom. The van der Waals surface area contributed by atoms with Gasteiger partial charge in [0.1, 0.15) is 11.4 Å².